The SMILES string of the molecule is O=Cc1cc(S(=O)(=O)c2cccc(F)c2)c2n1CCCc1ccccc1-2. The molecule has 0 aliphatic carbocycles. The van der Waals surface area contributed by atoms with Crippen LogP contribution in [-0.4, -0.2) is 19.3 Å². The maximum Gasteiger partial charge on any atom is 0.208 e. The second-order valence-corrected chi connectivity index (χ2v) is 8.19. The molecule has 4 nitrogen and oxygen atoms in total. The lowest BCUT2D eigenvalue weighted by molar-refractivity contribution is 0.111. The molecule has 0 spiro atoms. The van der Waals surface area contributed by atoms with Gasteiger partial charge in [-0.3, -0.25) is 4.79 Å². The van der Waals surface area contributed by atoms with E-state index < -0.39 is 15.7 Å². The van der Waals surface area contributed by atoms with Crippen molar-refractivity contribution in [2.24, 2.45) is 0 Å². The van der Waals surface area contributed by atoms with E-state index in [4.69, 9.17) is 0 Å². The summed E-state index contributed by atoms with van der Waals surface area (Å²) in [4.78, 5) is 11.5. The summed E-state index contributed by atoms with van der Waals surface area (Å²) in [6, 6.07) is 13.9. The quantitative estimate of drug-likeness (QED) is 0.658. The van der Waals surface area contributed by atoms with E-state index in [1.54, 1.807) is 4.57 Å². The molecule has 0 bridgehead atoms. The molecule has 1 aliphatic rings. The van der Waals surface area contributed by atoms with Gasteiger partial charge in [-0.15, -0.1) is 0 Å². The molecule has 4 rings (SSSR count). The fourth-order valence-electron chi connectivity index (χ4n) is 3.52. The molecule has 0 amide bonds. The minimum Gasteiger partial charge on any atom is -0.337 e. The molecule has 2 heterocycles. The second kappa shape index (κ2) is 6.21. The predicted molar refractivity (Wildman–Crippen MR) is 95.4 cm³/mol. The van der Waals surface area contributed by atoms with E-state index in [0.29, 0.717) is 24.2 Å². The van der Waals surface area contributed by atoms with Crippen LogP contribution in [0, 0.1) is 5.82 Å². The summed E-state index contributed by atoms with van der Waals surface area (Å²) in [5, 5.41) is 0. The van der Waals surface area contributed by atoms with Crippen LogP contribution >= 0.6 is 0 Å². The first kappa shape index (κ1) is 16.7. The summed E-state index contributed by atoms with van der Waals surface area (Å²) < 4.78 is 41.8. The first-order valence-corrected chi connectivity index (χ1v) is 9.78. The van der Waals surface area contributed by atoms with Crippen molar-refractivity contribution in [3.05, 3.63) is 71.7 Å². The largest absolute Gasteiger partial charge is 0.337 e. The van der Waals surface area contributed by atoms with Crippen molar-refractivity contribution in [1.29, 1.82) is 0 Å². The van der Waals surface area contributed by atoms with E-state index in [-0.39, 0.29) is 9.79 Å². The normalized spacial score (nSPS) is 13.6. The molecule has 0 N–H and O–H groups in total. The van der Waals surface area contributed by atoms with E-state index in [9.17, 15) is 17.6 Å². The monoisotopic (exact) mass is 369 g/mol. The summed E-state index contributed by atoms with van der Waals surface area (Å²) in [6.45, 7) is 0.552. The average Bonchev–Trinajstić information content (AvgIpc) is 2.91. The van der Waals surface area contributed by atoms with Gasteiger partial charge in [0.15, 0.2) is 6.29 Å². The number of nitrogens with zero attached hydrogens (tertiary/aromatic N) is 1. The fourth-order valence-corrected chi connectivity index (χ4v) is 5.05. The van der Waals surface area contributed by atoms with Crippen molar-refractivity contribution < 1.29 is 17.6 Å². The smallest absolute Gasteiger partial charge is 0.208 e. The number of benzene rings is 2. The fraction of sp³-hybridized carbons (Fsp3) is 0.150. The van der Waals surface area contributed by atoms with Gasteiger partial charge < -0.3 is 4.57 Å². The molecule has 0 saturated carbocycles. The van der Waals surface area contributed by atoms with Gasteiger partial charge >= 0.3 is 0 Å². The minimum atomic E-state index is -3.97. The lowest BCUT2D eigenvalue weighted by Crippen LogP contribution is -2.06. The molecule has 1 aliphatic heterocycles. The number of sulfone groups is 1. The highest BCUT2D eigenvalue weighted by atomic mass is 32.2. The molecular formula is C20H16FNO3S. The van der Waals surface area contributed by atoms with Gasteiger partial charge in [-0.1, -0.05) is 30.3 Å². The van der Waals surface area contributed by atoms with Crippen LogP contribution in [0.2, 0.25) is 0 Å². The number of aldehydes is 1. The van der Waals surface area contributed by atoms with Gasteiger partial charge in [-0.25, -0.2) is 12.8 Å². The molecule has 0 radical (unpaired) electrons. The van der Waals surface area contributed by atoms with Crippen LogP contribution in [-0.2, 0) is 22.8 Å². The summed E-state index contributed by atoms with van der Waals surface area (Å²) in [7, 11) is -3.97. The topological polar surface area (TPSA) is 56.1 Å². The van der Waals surface area contributed by atoms with E-state index in [1.165, 1.54) is 24.3 Å². The summed E-state index contributed by atoms with van der Waals surface area (Å²) in [5.41, 5.74) is 2.65. The van der Waals surface area contributed by atoms with Gasteiger partial charge in [0.05, 0.1) is 21.2 Å². The summed E-state index contributed by atoms with van der Waals surface area (Å²) in [5.74, 6) is -0.618. The second-order valence-electron chi connectivity index (χ2n) is 6.27. The number of carbonyl (C=O) groups excluding carboxylic acids is 1. The molecule has 6 heteroatoms. The molecule has 1 aromatic heterocycles. The van der Waals surface area contributed by atoms with Crippen molar-refractivity contribution in [1.82, 2.24) is 4.57 Å². The Kier molecular flexibility index (Phi) is 4.00. The lowest BCUT2D eigenvalue weighted by Gasteiger charge is -2.12. The third kappa shape index (κ3) is 2.57. The molecule has 132 valence electrons. The van der Waals surface area contributed by atoms with Gasteiger partial charge in [-0.05, 0) is 42.7 Å². The van der Waals surface area contributed by atoms with Crippen LogP contribution in [0.1, 0.15) is 22.5 Å². The van der Waals surface area contributed by atoms with Crippen LogP contribution in [0.4, 0.5) is 4.39 Å². The Labute approximate surface area is 150 Å². The van der Waals surface area contributed by atoms with Crippen LogP contribution in [0.15, 0.2) is 64.4 Å². The minimum absolute atomic E-state index is 0.0413. The van der Waals surface area contributed by atoms with Gasteiger partial charge in [0, 0.05) is 12.1 Å². The molecule has 0 saturated heterocycles. The highest BCUT2D eigenvalue weighted by molar-refractivity contribution is 7.91. The van der Waals surface area contributed by atoms with Gasteiger partial charge in [0.2, 0.25) is 9.84 Å². The van der Waals surface area contributed by atoms with E-state index in [0.717, 1.165) is 30.0 Å². The number of rotatable bonds is 3. The zero-order chi connectivity index (χ0) is 18.3. The zero-order valence-corrected chi connectivity index (χ0v) is 14.7. The number of aromatic nitrogens is 1. The van der Waals surface area contributed by atoms with Crippen LogP contribution < -0.4 is 0 Å². The van der Waals surface area contributed by atoms with Crippen LogP contribution in [0.25, 0.3) is 11.3 Å². The Morgan fingerprint density at radius 1 is 1.04 bits per heavy atom. The molecular weight excluding hydrogens is 353 g/mol. The number of hydrogen-bond acceptors (Lipinski definition) is 3. The average molecular weight is 369 g/mol. The van der Waals surface area contributed by atoms with Gasteiger partial charge in [0.1, 0.15) is 5.82 Å². The maximum absolute atomic E-state index is 13.6. The standard InChI is InChI=1S/C20H16FNO3S/c21-15-7-3-8-17(11-15)26(24,25)19-12-16(13-23)22-10-4-6-14-5-1-2-9-18(14)20(19)22/h1-3,5,7-9,11-13H,4,6,10H2. The molecule has 0 atom stereocenters. The third-order valence-corrected chi connectivity index (χ3v) is 6.48. The van der Waals surface area contributed by atoms with Crippen LogP contribution in [0.3, 0.4) is 0 Å². The highest BCUT2D eigenvalue weighted by Crippen LogP contribution is 2.38. The molecule has 3 aromatic rings. The number of fused-ring (bicyclic) bond motifs is 3. The molecule has 26 heavy (non-hydrogen) atoms. The first-order chi connectivity index (χ1) is 12.5. The number of hydrogen-bond donors (Lipinski definition) is 0. The van der Waals surface area contributed by atoms with Crippen molar-refractivity contribution in [2.75, 3.05) is 0 Å². The van der Waals surface area contributed by atoms with Crippen molar-refractivity contribution in [2.45, 2.75) is 29.2 Å². The third-order valence-electron chi connectivity index (χ3n) is 4.71. The van der Waals surface area contributed by atoms with E-state index >= 15 is 0 Å². The summed E-state index contributed by atoms with van der Waals surface area (Å²) in [6.07, 6.45) is 2.27. The molecule has 2 aromatic carbocycles. The van der Waals surface area contributed by atoms with Crippen molar-refractivity contribution >= 4 is 16.1 Å². The Morgan fingerprint density at radius 2 is 1.85 bits per heavy atom. The number of aryl methyl sites for hydroxylation is 1. The Balaban J connectivity index is 2.04. The maximum atomic E-state index is 13.6. The lowest BCUT2D eigenvalue weighted by atomic mass is 10.0. The Hall–Kier alpha value is -2.73. The van der Waals surface area contributed by atoms with E-state index in [2.05, 4.69) is 0 Å². The zero-order valence-electron chi connectivity index (χ0n) is 13.9. The number of carbonyl (C=O) groups is 1. The number of halogens is 1. The predicted octanol–water partition coefficient (Wildman–Crippen LogP) is 3.89. The Morgan fingerprint density at radius 3 is 2.62 bits per heavy atom. The first-order valence-electron chi connectivity index (χ1n) is 8.30. The van der Waals surface area contributed by atoms with E-state index in [1.807, 2.05) is 24.3 Å². The Bertz CT molecular complexity index is 1120. The van der Waals surface area contributed by atoms with Crippen LogP contribution in [0.5, 0.6) is 0 Å². The molecule has 0 fully saturated rings. The molecule has 0 unspecified atom stereocenters. The summed E-state index contributed by atoms with van der Waals surface area (Å²) >= 11 is 0. The highest BCUT2D eigenvalue weighted by Gasteiger charge is 2.29. The van der Waals surface area contributed by atoms with Crippen molar-refractivity contribution in [3.8, 4) is 11.3 Å². The van der Waals surface area contributed by atoms with Gasteiger partial charge in [-0.2, -0.15) is 0 Å². The van der Waals surface area contributed by atoms with Crippen molar-refractivity contribution in [3.63, 3.8) is 0 Å². The van der Waals surface area contributed by atoms with Gasteiger partial charge in [0.25, 0.3) is 0 Å².